The average molecular weight is 357 g/mol. The van der Waals surface area contributed by atoms with Crippen LogP contribution in [-0.2, 0) is 0 Å². The Kier molecular flexibility index (Phi) is 6.62. The highest BCUT2D eigenvalue weighted by atomic mass is 35.5. The van der Waals surface area contributed by atoms with Gasteiger partial charge in [0.1, 0.15) is 0 Å². The molecule has 0 spiro atoms. The zero-order chi connectivity index (χ0) is 16.3. The maximum absolute atomic E-state index is 12.4. The second kappa shape index (κ2) is 7.81. The Morgan fingerprint density at radius 1 is 1.43 bits per heavy atom. The van der Waals surface area contributed by atoms with E-state index in [1.807, 2.05) is 32.9 Å². The zero-order valence-corrected chi connectivity index (χ0v) is 15.0. The lowest BCUT2D eigenvalue weighted by Crippen LogP contribution is -2.55. The summed E-state index contributed by atoms with van der Waals surface area (Å²) in [5.74, 6) is -0.0149. The van der Waals surface area contributed by atoms with Gasteiger partial charge < -0.3 is 11.1 Å². The van der Waals surface area contributed by atoms with E-state index in [4.69, 9.17) is 17.3 Å². The van der Waals surface area contributed by atoms with Gasteiger partial charge in [0.15, 0.2) is 5.69 Å². The summed E-state index contributed by atoms with van der Waals surface area (Å²) >= 11 is 5.97. The summed E-state index contributed by atoms with van der Waals surface area (Å²) in [6, 6.07) is 8.96. The Morgan fingerprint density at radius 2 is 2.13 bits per heavy atom. The lowest BCUT2D eigenvalue weighted by atomic mass is 9.88. The van der Waals surface area contributed by atoms with E-state index in [-0.39, 0.29) is 24.2 Å². The number of carbonyl (C=O) groups excluding carboxylic acids is 1. The molecule has 2 rings (SSSR count). The first-order valence-electron chi connectivity index (χ1n) is 7.20. The number of benzene rings is 1. The standard InChI is InChI=1S/C16H21ClN4O.ClH/c1-11(2)16(3,10-18)19-15(22)14-7-8-21(20-14)13-6-4-5-12(17)9-13;/h4-9,11H,10,18H2,1-3H3,(H,19,22);1H. The number of amides is 1. The number of nitrogens with one attached hydrogen (secondary N) is 1. The maximum Gasteiger partial charge on any atom is 0.272 e. The fourth-order valence-electron chi connectivity index (χ4n) is 1.96. The Morgan fingerprint density at radius 3 is 2.70 bits per heavy atom. The number of nitrogens with two attached hydrogens (primary N) is 1. The summed E-state index contributed by atoms with van der Waals surface area (Å²) in [4.78, 5) is 12.4. The van der Waals surface area contributed by atoms with Crippen molar-refractivity contribution < 1.29 is 4.79 Å². The van der Waals surface area contributed by atoms with Crippen LogP contribution in [0.2, 0.25) is 5.02 Å². The molecular weight excluding hydrogens is 335 g/mol. The molecular formula is C16H22Cl2N4O. The molecule has 1 aromatic carbocycles. The van der Waals surface area contributed by atoms with Crippen molar-refractivity contribution in [3.8, 4) is 5.69 Å². The third kappa shape index (κ3) is 4.47. The summed E-state index contributed by atoms with van der Waals surface area (Å²) < 4.78 is 1.62. The van der Waals surface area contributed by atoms with Crippen molar-refractivity contribution in [2.75, 3.05) is 6.54 Å². The van der Waals surface area contributed by atoms with Crippen molar-refractivity contribution in [2.45, 2.75) is 26.3 Å². The number of halogens is 2. The van der Waals surface area contributed by atoms with Gasteiger partial charge in [0.2, 0.25) is 0 Å². The molecule has 1 unspecified atom stereocenters. The molecule has 0 saturated carbocycles. The summed E-state index contributed by atoms with van der Waals surface area (Å²) in [5.41, 5.74) is 6.48. The van der Waals surface area contributed by atoms with E-state index in [1.54, 1.807) is 29.1 Å². The molecule has 2 aromatic rings. The van der Waals surface area contributed by atoms with Gasteiger partial charge in [-0.3, -0.25) is 4.79 Å². The number of rotatable bonds is 5. The summed E-state index contributed by atoms with van der Waals surface area (Å²) in [7, 11) is 0. The molecule has 0 bridgehead atoms. The largest absolute Gasteiger partial charge is 0.344 e. The maximum atomic E-state index is 12.4. The minimum absolute atomic E-state index is 0. The van der Waals surface area contributed by atoms with Crippen LogP contribution in [-0.4, -0.2) is 27.8 Å². The summed E-state index contributed by atoms with van der Waals surface area (Å²) in [6.07, 6.45) is 1.73. The van der Waals surface area contributed by atoms with Crippen LogP contribution in [0.1, 0.15) is 31.3 Å². The van der Waals surface area contributed by atoms with Crippen molar-refractivity contribution in [1.82, 2.24) is 15.1 Å². The van der Waals surface area contributed by atoms with Crippen LogP contribution in [0, 0.1) is 5.92 Å². The molecule has 1 atom stereocenters. The highest BCUT2D eigenvalue weighted by Crippen LogP contribution is 2.17. The van der Waals surface area contributed by atoms with E-state index in [0.29, 0.717) is 17.3 Å². The summed E-state index contributed by atoms with van der Waals surface area (Å²) in [5, 5.41) is 7.89. The molecule has 0 aliphatic rings. The predicted octanol–water partition coefficient (Wildman–Crippen LogP) is 3.05. The van der Waals surface area contributed by atoms with E-state index in [0.717, 1.165) is 5.69 Å². The lowest BCUT2D eigenvalue weighted by molar-refractivity contribution is 0.0877. The minimum atomic E-state index is -0.461. The average Bonchev–Trinajstić information content (AvgIpc) is 2.97. The van der Waals surface area contributed by atoms with E-state index < -0.39 is 5.54 Å². The van der Waals surface area contributed by atoms with Gasteiger partial charge in [-0.15, -0.1) is 12.4 Å². The zero-order valence-electron chi connectivity index (χ0n) is 13.4. The fourth-order valence-corrected chi connectivity index (χ4v) is 2.15. The van der Waals surface area contributed by atoms with Crippen LogP contribution < -0.4 is 11.1 Å². The Hall–Kier alpha value is -1.56. The highest BCUT2D eigenvalue weighted by Gasteiger charge is 2.29. The molecule has 1 aromatic heterocycles. The molecule has 126 valence electrons. The Labute approximate surface area is 147 Å². The molecule has 0 fully saturated rings. The van der Waals surface area contributed by atoms with Crippen molar-refractivity contribution >= 4 is 29.9 Å². The molecule has 3 N–H and O–H groups in total. The van der Waals surface area contributed by atoms with Crippen molar-refractivity contribution in [2.24, 2.45) is 11.7 Å². The minimum Gasteiger partial charge on any atom is -0.344 e. The van der Waals surface area contributed by atoms with E-state index in [1.165, 1.54) is 0 Å². The smallest absolute Gasteiger partial charge is 0.272 e. The number of hydrogen-bond acceptors (Lipinski definition) is 3. The van der Waals surface area contributed by atoms with Gasteiger partial charge in [-0.05, 0) is 37.1 Å². The van der Waals surface area contributed by atoms with Crippen LogP contribution in [0.15, 0.2) is 36.5 Å². The quantitative estimate of drug-likeness (QED) is 0.864. The predicted molar refractivity (Wildman–Crippen MR) is 95.6 cm³/mol. The van der Waals surface area contributed by atoms with Crippen LogP contribution in [0.4, 0.5) is 0 Å². The fraction of sp³-hybridized carbons (Fsp3) is 0.375. The van der Waals surface area contributed by atoms with Crippen molar-refractivity contribution in [1.29, 1.82) is 0 Å². The third-order valence-electron chi connectivity index (χ3n) is 3.99. The number of hydrogen-bond donors (Lipinski definition) is 2. The van der Waals surface area contributed by atoms with Gasteiger partial charge in [0.25, 0.3) is 5.91 Å². The second-order valence-corrected chi connectivity index (χ2v) is 6.29. The van der Waals surface area contributed by atoms with Crippen LogP contribution in [0.25, 0.3) is 5.69 Å². The van der Waals surface area contributed by atoms with Crippen molar-refractivity contribution in [3.63, 3.8) is 0 Å². The van der Waals surface area contributed by atoms with Gasteiger partial charge in [0.05, 0.1) is 11.2 Å². The van der Waals surface area contributed by atoms with E-state index in [9.17, 15) is 4.79 Å². The number of nitrogens with zero attached hydrogens (tertiary/aromatic N) is 2. The summed E-state index contributed by atoms with van der Waals surface area (Å²) in [6.45, 7) is 6.35. The van der Waals surface area contributed by atoms with Crippen LogP contribution in [0.3, 0.4) is 0 Å². The molecule has 0 saturated heterocycles. The Balaban J connectivity index is 0.00000264. The van der Waals surface area contributed by atoms with E-state index >= 15 is 0 Å². The van der Waals surface area contributed by atoms with Gasteiger partial charge in [-0.25, -0.2) is 4.68 Å². The van der Waals surface area contributed by atoms with Crippen LogP contribution >= 0.6 is 24.0 Å². The van der Waals surface area contributed by atoms with Gasteiger partial charge in [-0.2, -0.15) is 5.10 Å². The van der Waals surface area contributed by atoms with Crippen molar-refractivity contribution in [3.05, 3.63) is 47.2 Å². The number of carbonyl (C=O) groups is 1. The third-order valence-corrected chi connectivity index (χ3v) is 4.23. The monoisotopic (exact) mass is 356 g/mol. The molecule has 23 heavy (non-hydrogen) atoms. The first-order chi connectivity index (χ1) is 10.4. The molecule has 5 nitrogen and oxygen atoms in total. The first kappa shape index (κ1) is 19.5. The Bertz CT molecular complexity index is 672. The normalized spacial score (nSPS) is 13.3. The molecule has 0 aliphatic heterocycles. The molecule has 0 radical (unpaired) electrons. The highest BCUT2D eigenvalue weighted by molar-refractivity contribution is 6.30. The molecule has 0 aliphatic carbocycles. The second-order valence-electron chi connectivity index (χ2n) is 5.86. The molecule has 1 heterocycles. The lowest BCUT2D eigenvalue weighted by Gasteiger charge is -2.33. The van der Waals surface area contributed by atoms with Crippen LogP contribution in [0.5, 0.6) is 0 Å². The van der Waals surface area contributed by atoms with E-state index in [2.05, 4.69) is 10.4 Å². The first-order valence-corrected chi connectivity index (χ1v) is 7.58. The molecule has 7 heteroatoms. The SMILES string of the molecule is CC(C)C(C)(CN)NC(=O)c1ccn(-c2cccc(Cl)c2)n1.Cl. The van der Waals surface area contributed by atoms with Gasteiger partial charge in [-0.1, -0.05) is 31.5 Å². The van der Waals surface area contributed by atoms with Gasteiger partial charge >= 0.3 is 0 Å². The molecule has 1 amide bonds. The van der Waals surface area contributed by atoms with Gasteiger partial charge in [0, 0.05) is 17.8 Å². The topological polar surface area (TPSA) is 72.9 Å². The number of aromatic nitrogens is 2.